The van der Waals surface area contributed by atoms with Gasteiger partial charge in [-0.2, -0.15) is 0 Å². The second-order valence-corrected chi connectivity index (χ2v) is 3.99. The average Bonchev–Trinajstić information content (AvgIpc) is 2.56. The Morgan fingerprint density at radius 3 is 3.08 bits per heavy atom. The lowest BCUT2D eigenvalue weighted by Gasteiger charge is -2.05. The van der Waals surface area contributed by atoms with Gasteiger partial charge in [0.15, 0.2) is 0 Å². The van der Waals surface area contributed by atoms with Crippen molar-refractivity contribution in [3.05, 3.63) is 16.6 Å². The summed E-state index contributed by atoms with van der Waals surface area (Å²) in [7, 11) is 0. The molecule has 1 aromatic heterocycles. The molecule has 1 rings (SSSR count). The third-order valence-electron chi connectivity index (χ3n) is 1.85. The van der Waals surface area contributed by atoms with Gasteiger partial charge in [0, 0.05) is 24.0 Å². The van der Waals surface area contributed by atoms with E-state index in [1.54, 1.807) is 6.20 Å². The van der Waals surface area contributed by atoms with Crippen LogP contribution < -0.4 is 5.73 Å². The molecule has 1 atom stereocenters. The number of carbonyl (C=O) groups excluding carboxylic acids is 1. The summed E-state index contributed by atoms with van der Waals surface area (Å²) >= 11 is 1.51. The molecular formula is C9H14N2OS. The molecule has 13 heavy (non-hydrogen) atoms. The maximum Gasteiger partial charge on any atom is 0.141 e. The Balaban J connectivity index is 2.34. The summed E-state index contributed by atoms with van der Waals surface area (Å²) in [6.45, 7) is 1.99. The molecule has 1 heterocycles. The highest BCUT2D eigenvalue weighted by Crippen LogP contribution is 2.07. The molecule has 0 aliphatic rings. The second-order valence-electron chi connectivity index (χ2n) is 3.01. The minimum absolute atomic E-state index is 0.00691. The molecule has 0 fully saturated rings. The van der Waals surface area contributed by atoms with Gasteiger partial charge in [-0.15, -0.1) is 11.3 Å². The molecule has 2 N–H and O–H groups in total. The van der Waals surface area contributed by atoms with Crippen molar-refractivity contribution in [2.75, 3.05) is 0 Å². The number of aromatic nitrogens is 1. The Morgan fingerprint density at radius 1 is 1.77 bits per heavy atom. The second kappa shape index (κ2) is 5.09. The number of ketones is 1. The van der Waals surface area contributed by atoms with Crippen molar-refractivity contribution in [3.8, 4) is 0 Å². The van der Waals surface area contributed by atoms with E-state index in [2.05, 4.69) is 4.98 Å². The number of thiazole rings is 1. The summed E-state index contributed by atoms with van der Waals surface area (Å²) in [5, 5.41) is 2.76. The largest absolute Gasteiger partial charge is 0.327 e. The highest BCUT2D eigenvalue weighted by molar-refractivity contribution is 7.09. The molecule has 0 aliphatic carbocycles. The fraction of sp³-hybridized carbons (Fsp3) is 0.556. The van der Waals surface area contributed by atoms with Crippen LogP contribution in [0.1, 0.15) is 24.8 Å². The van der Waals surface area contributed by atoms with Crippen LogP contribution in [-0.2, 0) is 11.2 Å². The van der Waals surface area contributed by atoms with Crippen LogP contribution in [0.4, 0.5) is 0 Å². The SMILES string of the molecule is CCC(N)CC(=O)Cc1nccs1. The summed E-state index contributed by atoms with van der Waals surface area (Å²) in [6, 6.07) is 0.00691. The number of rotatable bonds is 5. The van der Waals surface area contributed by atoms with Crippen LogP contribution in [0, 0.1) is 0 Å². The number of Topliss-reactive ketones (excluding diaryl/α,β-unsaturated/α-hetero) is 1. The van der Waals surface area contributed by atoms with Crippen LogP contribution in [0.3, 0.4) is 0 Å². The van der Waals surface area contributed by atoms with Crippen molar-refractivity contribution >= 4 is 17.1 Å². The molecule has 0 aromatic carbocycles. The lowest BCUT2D eigenvalue weighted by Crippen LogP contribution is -2.23. The van der Waals surface area contributed by atoms with E-state index in [9.17, 15) is 4.79 Å². The quantitative estimate of drug-likeness (QED) is 0.777. The van der Waals surface area contributed by atoms with Crippen LogP contribution in [0.25, 0.3) is 0 Å². The fourth-order valence-electron chi connectivity index (χ4n) is 1.02. The third-order valence-corrected chi connectivity index (χ3v) is 2.63. The van der Waals surface area contributed by atoms with Gasteiger partial charge in [0.1, 0.15) is 5.78 Å². The van der Waals surface area contributed by atoms with Crippen molar-refractivity contribution in [2.45, 2.75) is 32.2 Å². The Morgan fingerprint density at radius 2 is 2.54 bits per heavy atom. The molecule has 0 amide bonds. The lowest BCUT2D eigenvalue weighted by molar-refractivity contribution is -0.118. The topological polar surface area (TPSA) is 56.0 Å². The van der Waals surface area contributed by atoms with Crippen LogP contribution in [0.5, 0.6) is 0 Å². The lowest BCUT2D eigenvalue weighted by atomic mass is 10.1. The van der Waals surface area contributed by atoms with E-state index in [1.165, 1.54) is 11.3 Å². The Kier molecular flexibility index (Phi) is 4.05. The molecule has 0 spiro atoms. The average molecular weight is 198 g/mol. The molecule has 1 unspecified atom stereocenters. The van der Waals surface area contributed by atoms with E-state index in [0.29, 0.717) is 12.8 Å². The van der Waals surface area contributed by atoms with E-state index in [-0.39, 0.29) is 11.8 Å². The van der Waals surface area contributed by atoms with Crippen molar-refractivity contribution in [1.82, 2.24) is 4.98 Å². The van der Waals surface area contributed by atoms with E-state index in [1.807, 2.05) is 12.3 Å². The van der Waals surface area contributed by atoms with Crippen LogP contribution in [-0.4, -0.2) is 16.8 Å². The monoisotopic (exact) mass is 198 g/mol. The van der Waals surface area contributed by atoms with Gasteiger partial charge in [0.05, 0.1) is 11.4 Å². The normalized spacial score (nSPS) is 12.8. The zero-order valence-electron chi connectivity index (χ0n) is 7.69. The first-order chi connectivity index (χ1) is 6.22. The Hall–Kier alpha value is -0.740. The molecule has 1 aromatic rings. The molecule has 0 radical (unpaired) electrons. The van der Waals surface area contributed by atoms with Crippen molar-refractivity contribution in [3.63, 3.8) is 0 Å². The predicted octanol–water partition coefficient (Wildman–Crippen LogP) is 1.38. The maximum atomic E-state index is 11.4. The highest BCUT2D eigenvalue weighted by atomic mass is 32.1. The molecule has 0 saturated heterocycles. The molecule has 0 aliphatic heterocycles. The van der Waals surface area contributed by atoms with Crippen molar-refractivity contribution in [2.24, 2.45) is 5.73 Å². The van der Waals surface area contributed by atoms with Gasteiger partial charge in [-0.25, -0.2) is 4.98 Å². The van der Waals surface area contributed by atoms with E-state index < -0.39 is 0 Å². The first-order valence-corrected chi connectivity index (χ1v) is 5.26. The van der Waals surface area contributed by atoms with Crippen LogP contribution in [0.2, 0.25) is 0 Å². The van der Waals surface area contributed by atoms with Gasteiger partial charge in [-0.05, 0) is 6.42 Å². The summed E-state index contributed by atoms with van der Waals surface area (Å²) in [5.74, 6) is 0.185. The minimum Gasteiger partial charge on any atom is -0.327 e. The smallest absolute Gasteiger partial charge is 0.141 e. The number of nitrogens with two attached hydrogens (primary N) is 1. The number of hydrogen-bond acceptors (Lipinski definition) is 4. The minimum atomic E-state index is 0.00691. The first-order valence-electron chi connectivity index (χ1n) is 4.38. The van der Waals surface area contributed by atoms with E-state index >= 15 is 0 Å². The van der Waals surface area contributed by atoms with E-state index in [4.69, 9.17) is 5.73 Å². The first kappa shape index (κ1) is 10.3. The molecular weight excluding hydrogens is 184 g/mol. The standard InChI is InChI=1S/C9H14N2OS/c1-2-7(10)5-8(12)6-9-11-3-4-13-9/h3-4,7H,2,5-6,10H2,1H3. The Labute approximate surface area is 82.0 Å². The summed E-state index contributed by atoms with van der Waals surface area (Å²) in [5.41, 5.74) is 5.66. The molecule has 0 saturated carbocycles. The summed E-state index contributed by atoms with van der Waals surface area (Å²) < 4.78 is 0. The molecule has 0 bridgehead atoms. The van der Waals surface area contributed by atoms with Crippen molar-refractivity contribution in [1.29, 1.82) is 0 Å². The Bertz CT molecular complexity index is 259. The van der Waals surface area contributed by atoms with Gasteiger partial charge in [-0.3, -0.25) is 4.79 Å². The molecule has 3 nitrogen and oxygen atoms in total. The number of nitrogens with zero attached hydrogens (tertiary/aromatic N) is 1. The number of hydrogen-bond donors (Lipinski definition) is 1. The van der Waals surface area contributed by atoms with Crippen LogP contribution >= 0.6 is 11.3 Å². The molecule has 72 valence electrons. The fourth-order valence-corrected chi connectivity index (χ4v) is 1.66. The number of carbonyl (C=O) groups is 1. The van der Waals surface area contributed by atoms with Gasteiger partial charge in [-0.1, -0.05) is 6.92 Å². The highest BCUT2D eigenvalue weighted by Gasteiger charge is 2.09. The van der Waals surface area contributed by atoms with Gasteiger partial charge in [0.25, 0.3) is 0 Å². The zero-order chi connectivity index (χ0) is 9.68. The predicted molar refractivity (Wildman–Crippen MR) is 53.7 cm³/mol. The molecule has 4 heteroatoms. The summed E-state index contributed by atoms with van der Waals surface area (Å²) in [4.78, 5) is 15.4. The van der Waals surface area contributed by atoms with Crippen molar-refractivity contribution < 1.29 is 4.79 Å². The summed E-state index contributed by atoms with van der Waals surface area (Å²) in [6.07, 6.45) is 3.47. The van der Waals surface area contributed by atoms with E-state index in [0.717, 1.165) is 11.4 Å². The van der Waals surface area contributed by atoms with Gasteiger partial charge < -0.3 is 5.73 Å². The third kappa shape index (κ3) is 3.65. The zero-order valence-corrected chi connectivity index (χ0v) is 8.51. The van der Waals surface area contributed by atoms with Gasteiger partial charge in [0.2, 0.25) is 0 Å². The van der Waals surface area contributed by atoms with Crippen LogP contribution in [0.15, 0.2) is 11.6 Å². The maximum absolute atomic E-state index is 11.4. The van der Waals surface area contributed by atoms with Gasteiger partial charge >= 0.3 is 0 Å².